The molecular weight excluding hydrogens is 1520 g/mol. The van der Waals surface area contributed by atoms with Crippen molar-refractivity contribution >= 4 is 105 Å². The molecule has 0 radical (unpaired) electrons. The first kappa shape index (κ1) is 88.9. The van der Waals surface area contributed by atoms with Gasteiger partial charge in [0, 0.05) is 170 Å². The van der Waals surface area contributed by atoms with Crippen LogP contribution >= 0.6 is 0 Å². The molecule has 0 unspecified atom stereocenters. The van der Waals surface area contributed by atoms with Gasteiger partial charge in [0.1, 0.15) is 6.61 Å². The number of benzene rings is 2. The van der Waals surface area contributed by atoms with Gasteiger partial charge in [-0.15, -0.1) is 0 Å². The second kappa shape index (κ2) is 45.3. The number of nitrogens with one attached hydrogen (secondary N) is 9. The minimum absolute atomic E-state index is 0.00767. The van der Waals surface area contributed by atoms with Crippen LogP contribution < -0.4 is 57.7 Å². The molecule has 0 spiro atoms. The number of carbonyl (C=O) groups is 11. The number of imidazole rings is 5. The largest absolute Gasteiger partial charge is 0.392 e. The third-order valence-corrected chi connectivity index (χ3v) is 18.7. The van der Waals surface area contributed by atoms with Gasteiger partial charge in [-0.2, -0.15) is 0 Å². The summed E-state index contributed by atoms with van der Waals surface area (Å²) in [6, 6.07) is 14.0. The van der Waals surface area contributed by atoms with Crippen molar-refractivity contribution < 1.29 is 81.5 Å². The van der Waals surface area contributed by atoms with Crippen molar-refractivity contribution in [3.05, 3.63) is 132 Å². The molecule has 7 aromatic rings. The summed E-state index contributed by atoms with van der Waals surface area (Å²) in [6.07, 6.45) is 12.9. The summed E-state index contributed by atoms with van der Waals surface area (Å²) in [5, 5.41) is 33.9. The van der Waals surface area contributed by atoms with E-state index in [1.165, 1.54) is 67.9 Å². The standard InChI is InChI=1S/C77H105N23O17/c1-52(102)100-34-33-99(45-55-12-8-9-13-56(55)50-101)58-44-54(14-15-57(58)100)53-19-30-98(31-20-53)67(107)51-117-43-42-116-41-40-115-39-38-114-37-36-113-35-21-64(104)79-23-11-29-92(2)28-10-22-78-63(103)16-24-81-73(108)69-86-59(46-94(69)4)84-65(105)17-25-83-75(110)71-89-62(49-96(71)6)91-77(112)72-87-60(47-97(72)7)85-66(106)18-26-82-74(109)70-88-61(48-95(70)5)90-76(111)68-80-27-32-93(68)3/h8-9,12-15,19,27,32,44,46-49,101H,10-11,16-18,20-26,28-31,33-43,45,50-51H2,1-7H3,(H,78,103)(H,79,104)(H,81,108)(H,82,109)(H,83,110)(H,84,105)(H,85,106)(H,90,111)(H,91,112). The molecule has 10 N–H and O–H groups in total. The van der Waals surface area contributed by atoms with E-state index in [1.54, 1.807) is 44.1 Å². The molecule has 11 amide bonds. The summed E-state index contributed by atoms with van der Waals surface area (Å²) >= 11 is 0. The van der Waals surface area contributed by atoms with E-state index in [0.29, 0.717) is 111 Å². The molecular formula is C77H105N23O17. The van der Waals surface area contributed by atoms with Crippen LogP contribution in [0.3, 0.4) is 0 Å². The third-order valence-electron chi connectivity index (χ3n) is 18.7. The lowest BCUT2D eigenvalue weighted by molar-refractivity contribution is -0.136. The maximum absolute atomic E-state index is 13.3. The number of nitrogens with zero attached hydrogens (tertiary/aromatic N) is 14. The van der Waals surface area contributed by atoms with Crippen LogP contribution in [-0.4, -0.2) is 273 Å². The van der Waals surface area contributed by atoms with Crippen LogP contribution in [0.15, 0.2) is 85.7 Å². The van der Waals surface area contributed by atoms with Crippen molar-refractivity contribution in [3.8, 4) is 0 Å². The van der Waals surface area contributed by atoms with E-state index >= 15 is 0 Å². The Balaban J connectivity index is 0.521. The SMILES string of the molecule is CC(=O)N1CCN(Cc2ccccc2CO)c2cc(C3=CCN(C(=O)COCCOCCOCCOCCOCCC(=O)NCCCN(C)CCCNC(=O)CCNC(=O)c4nc(NC(=O)CCNC(=O)c5nc(NC(=O)c6nc(NC(=O)CCNC(=O)c7nc(NC(=O)c8nccn8C)cn7C)cn6C)cn5C)cn4C)CC3)ccc21. The van der Waals surface area contributed by atoms with Crippen LogP contribution in [0.4, 0.5) is 34.6 Å². The van der Waals surface area contributed by atoms with Gasteiger partial charge in [-0.05, 0) is 73.8 Å². The molecule has 7 heterocycles. The topological polar surface area (TPSA) is 464 Å². The fraction of sp³-hybridized carbons (Fsp3) is 0.481. The van der Waals surface area contributed by atoms with Crippen molar-refractivity contribution in [2.45, 2.75) is 65.0 Å². The molecule has 0 aliphatic carbocycles. The van der Waals surface area contributed by atoms with Crippen LogP contribution in [0.2, 0.25) is 0 Å². The van der Waals surface area contributed by atoms with Gasteiger partial charge in [0.05, 0.1) is 77.4 Å². The average Bonchev–Trinajstić information content (AvgIpc) is 1.58. The van der Waals surface area contributed by atoms with Crippen molar-refractivity contribution in [1.29, 1.82) is 0 Å². The van der Waals surface area contributed by atoms with Gasteiger partial charge >= 0.3 is 0 Å². The zero-order valence-electron chi connectivity index (χ0n) is 67.0. The lowest BCUT2D eigenvalue weighted by Crippen LogP contribution is -2.43. The van der Waals surface area contributed by atoms with E-state index < -0.39 is 41.4 Å². The van der Waals surface area contributed by atoms with Crippen molar-refractivity contribution in [2.75, 3.05) is 176 Å². The van der Waals surface area contributed by atoms with Gasteiger partial charge < -0.3 is 119 Å². The van der Waals surface area contributed by atoms with Crippen LogP contribution in [0.25, 0.3) is 5.57 Å². The first-order valence-corrected chi connectivity index (χ1v) is 38.5. The number of carbonyl (C=O) groups excluding carboxylic acids is 11. The Kier molecular flexibility index (Phi) is 34.4. The number of aryl methyl sites for hydroxylation is 5. The quantitative estimate of drug-likeness (QED) is 0.0239. The predicted octanol–water partition coefficient (Wildman–Crippen LogP) is 1.09. The fourth-order valence-electron chi connectivity index (χ4n) is 12.5. The maximum atomic E-state index is 13.3. The summed E-state index contributed by atoms with van der Waals surface area (Å²) in [6.45, 7) is 9.58. The zero-order valence-corrected chi connectivity index (χ0v) is 67.0. The molecule has 630 valence electrons. The number of aromatic nitrogens is 10. The van der Waals surface area contributed by atoms with Gasteiger partial charge in [0.15, 0.2) is 29.1 Å². The minimum Gasteiger partial charge on any atom is -0.392 e. The number of amides is 11. The fourth-order valence-corrected chi connectivity index (χ4v) is 12.5. The molecule has 0 saturated heterocycles. The number of hydrogen-bond acceptors (Lipinski definition) is 24. The molecule has 0 saturated carbocycles. The number of anilines is 6. The number of aliphatic hydroxyl groups is 1. The molecule has 9 rings (SSSR count). The van der Waals surface area contributed by atoms with Gasteiger partial charge in [-0.1, -0.05) is 36.4 Å². The van der Waals surface area contributed by atoms with Crippen molar-refractivity contribution in [3.63, 3.8) is 0 Å². The molecule has 0 bridgehead atoms. The molecule has 117 heavy (non-hydrogen) atoms. The summed E-state index contributed by atoms with van der Waals surface area (Å²) in [5.74, 6) is -4.33. The number of aliphatic hydroxyl groups excluding tert-OH is 1. The van der Waals surface area contributed by atoms with Crippen LogP contribution in [-0.2, 0) is 101 Å². The Morgan fingerprint density at radius 1 is 0.479 bits per heavy atom. The lowest BCUT2D eigenvalue weighted by Gasteiger charge is -2.38. The highest BCUT2D eigenvalue weighted by Crippen LogP contribution is 2.38. The van der Waals surface area contributed by atoms with E-state index in [9.17, 15) is 57.8 Å². The first-order chi connectivity index (χ1) is 56.4. The highest BCUT2D eigenvalue weighted by atomic mass is 16.6. The first-order valence-electron chi connectivity index (χ1n) is 38.5. The molecule has 2 aliphatic rings. The summed E-state index contributed by atoms with van der Waals surface area (Å²) in [4.78, 5) is 170. The molecule has 2 aliphatic heterocycles. The molecule has 2 aromatic carbocycles. The van der Waals surface area contributed by atoms with Crippen LogP contribution in [0.5, 0.6) is 0 Å². The Hall–Kier alpha value is -12.1. The Morgan fingerprint density at radius 3 is 1.42 bits per heavy atom. The van der Waals surface area contributed by atoms with Crippen molar-refractivity contribution in [1.82, 2.24) is 84.1 Å². The van der Waals surface area contributed by atoms with E-state index in [4.69, 9.17) is 23.7 Å². The van der Waals surface area contributed by atoms with Gasteiger partial charge in [0.25, 0.3) is 29.5 Å². The van der Waals surface area contributed by atoms with Crippen LogP contribution in [0.1, 0.15) is 122 Å². The average molecular weight is 1620 g/mol. The summed E-state index contributed by atoms with van der Waals surface area (Å²) < 4.78 is 35.0. The minimum atomic E-state index is -0.710. The zero-order chi connectivity index (χ0) is 83.8. The highest BCUT2D eigenvalue weighted by Gasteiger charge is 2.29. The van der Waals surface area contributed by atoms with E-state index in [1.807, 2.05) is 43.4 Å². The lowest BCUT2D eigenvalue weighted by atomic mass is 9.97. The Morgan fingerprint density at radius 2 is 0.940 bits per heavy atom. The van der Waals surface area contributed by atoms with Gasteiger partial charge in [-0.3, -0.25) is 52.7 Å². The maximum Gasteiger partial charge on any atom is 0.292 e. The van der Waals surface area contributed by atoms with E-state index in [0.717, 1.165) is 46.6 Å². The molecule has 5 aromatic heterocycles. The van der Waals surface area contributed by atoms with Gasteiger partial charge in [-0.25, -0.2) is 24.9 Å². The summed E-state index contributed by atoms with van der Waals surface area (Å²) in [7, 11) is 9.82. The molecule has 0 atom stereocenters. The number of fused-ring (bicyclic) bond motifs is 1. The van der Waals surface area contributed by atoms with Crippen molar-refractivity contribution in [2.24, 2.45) is 35.2 Å². The Labute approximate surface area is 676 Å². The molecule has 40 heteroatoms. The third kappa shape index (κ3) is 27.6. The monoisotopic (exact) mass is 1620 g/mol. The molecule has 40 nitrogen and oxygen atoms in total. The predicted molar refractivity (Wildman–Crippen MR) is 429 cm³/mol. The Bertz CT molecular complexity index is 4620. The smallest absolute Gasteiger partial charge is 0.292 e. The number of hydrogen-bond donors (Lipinski definition) is 10. The van der Waals surface area contributed by atoms with Crippen LogP contribution in [0, 0.1) is 0 Å². The highest BCUT2D eigenvalue weighted by molar-refractivity contribution is 6.04. The number of rotatable bonds is 47. The number of ether oxygens (including phenoxy) is 5. The van der Waals surface area contributed by atoms with E-state index in [2.05, 4.69) is 94.7 Å². The second-order valence-electron chi connectivity index (χ2n) is 27.6. The summed E-state index contributed by atoms with van der Waals surface area (Å²) in [5.41, 5.74) is 5.93. The van der Waals surface area contributed by atoms with E-state index in [-0.39, 0.29) is 148 Å². The normalized spacial score (nSPS) is 12.6. The van der Waals surface area contributed by atoms with Gasteiger partial charge in [0.2, 0.25) is 58.7 Å². The second-order valence-corrected chi connectivity index (χ2v) is 27.6. The molecule has 0 fully saturated rings.